The van der Waals surface area contributed by atoms with Gasteiger partial charge < -0.3 is 4.52 Å². The van der Waals surface area contributed by atoms with Gasteiger partial charge in [-0.05, 0) is 23.9 Å². The molecule has 0 aliphatic rings. The van der Waals surface area contributed by atoms with Crippen molar-refractivity contribution in [2.45, 2.75) is 13.8 Å². The molecule has 0 saturated carbocycles. The maximum absolute atomic E-state index is 12.3. The van der Waals surface area contributed by atoms with Crippen molar-refractivity contribution < 1.29 is 9.09 Å². The zero-order valence-electron chi connectivity index (χ0n) is 9.22. The molecule has 15 heavy (non-hydrogen) atoms. The molecular weight excluding hydrogens is 207 g/mol. The number of benzene rings is 1. The summed E-state index contributed by atoms with van der Waals surface area (Å²) in [7, 11) is -2.84. The fraction of sp³-hybridized carbons (Fsp3) is 0.333. The molecule has 3 heteroatoms. The summed E-state index contributed by atoms with van der Waals surface area (Å²) < 4.78 is 17.8. The Labute approximate surface area is 91.4 Å². The van der Waals surface area contributed by atoms with Gasteiger partial charge >= 0.3 is 0 Å². The van der Waals surface area contributed by atoms with Crippen LogP contribution in [0.15, 0.2) is 42.7 Å². The Morgan fingerprint density at radius 2 is 2.00 bits per heavy atom. The third-order valence-corrected chi connectivity index (χ3v) is 3.99. The Morgan fingerprint density at radius 1 is 1.40 bits per heavy atom. The van der Waals surface area contributed by atoms with Gasteiger partial charge in [0.15, 0.2) is 0 Å². The van der Waals surface area contributed by atoms with Crippen molar-refractivity contribution in [3.8, 4) is 0 Å². The van der Waals surface area contributed by atoms with Crippen LogP contribution in [0.5, 0.6) is 0 Å². The summed E-state index contributed by atoms with van der Waals surface area (Å²) >= 11 is 0. The van der Waals surface area contributed by atoms with E-state index in [1.165, 1.54) is 5.82 Å². The van der Waals surface area contributed by atoms with Crippen LogP contribution in [0, 0.1) is 5.92 Å². The Morgan fingerprint density at radius 3 is 2.47 bits per heavy atom. The van der Waals surface area contributed by atoms with E-state index in [4.69, 9.17) is 4.52 Å². The summed E-state index contributed by atoms with van der Waals surface area (Å²) in [5.41, 5.74) is 0. The van der Waals surface area contributed by atoms with Crippen LogP contribution in [0.25, 0.3) is 0 Å². The predicted octanol–water partition coefficient (Wildman–Crippen LogP) is 3.41. The van der Waals surface area contributed by atoms with E-state index in [1.807, 2.05) is 44.2 Å². The Balaban J connectivity index is 2.86. The lowest BCUT2D eigenvalue weighted by molar-refractivity contribution is 0.280. The van der Waals surface area contributed by atoms with Crippen molar-refractivity contribution in [1.29, 1.82) is 0 Å². The molecular formula is C12H17O2P. The van der Waals surface area contributed by atoms with Gasteiger partial charge in [0, 0.05) is 5.30 Å². The molecule has 0 radical (unpaired) electrons. The highest BCUT2D eigenvalue weighted by atomic mass is 31.2. The van der Waals surface area contributed by atoms with E-state index < -0.39 is 7.37 Å². The number of hydrogen-bond acceptors (Lipinski definition) is 2. The largest absolute Gasteiger partial charge is 0.322 e. The van der Waals surface area contributed by atoms with Crippen LogP contribution in [0.4, 0.5) is 0 Å². The zero-order chi connectivity index (χ0) is 11.3. The second-order valence-electron chi connectivity index (χ2n) is 3.80. The second-order valence-corrected chi connectivity index (χ2v) is 6.14. The van der Waals surface area contributed by atoms with Gasteiger partial charge in [0.05, 0.1) is 6.61 Å². The summed E-state index contributed by atoms with van der Waals surface area (Å²) in [6.07, 6.45) is 0. The SMILES string of the molecule is C=CP(=O)(OCC(C)C)c1ccccc1. The smallest absolute Gasteiger partial charge is 0.253 e. The van der Waals surface area contributed by atoms with Crippen molar-refractivity contribution in [2.75, 3.05) is 6.61 Å². The molecule has 0 aliphatic carbocycles. The highest BCUT2D eigenvalue weighted by molar-refractivity contribution is 7.69. The van der Waals surface area contributed by atoms with Gasteiger partial charge in [-0.1, -0.05) is 38.6 Å². The highest BCUT2D eigenvalue weighted by Gasteiger charge is 2.21. The van der Waals surface area contributed by atoms with Crippen LogP contribution in [0.2, 0.25) is 0 Å². The third kappa shape index (κ3) is 3.33. The summed E-state index contributed by atoms with van der Waals surface area (Å²) in [4.78, 5) is 0. The first-order valence-electron chi connectivity index (χ1n) is 5.02. The van der Waals surface area contributed by atoms with E-state index >= 15 is 0 Å². The van der Waals surface area contributed by atoms with E-state index in [2.05, 4.69) is 6.58 Å². The summed E-state index contributed by atoms with van der Waals surface area (Å²) in [5, 5.41) is 0.709. The third-order valence-electron chi connectivity index (χ3n) is 1.96. The van der Waals surface area contributed by atoms with Gasteiger partial charge in [-0.25, -0.2) is 0 Å². The lowest BCUT2D eigenvalue weighted by Gasteiger charge is -2.16. The van der Waals surface area contributed by atoms with Gasteiger partial charge in [-0.2, -0.15) is 0 Å². The van der Waals surface area contributed by atoms with Gasteiger partial charge in [0.2, 0.25) is 0 Å². The van der Waals surface area contributed by atoms with Crippen molar-refractivity contribution in [3.05, 3.63) is 42.7 Å². The molecule has 82 valence electrons. The Bertz CT molecular complexity index is 357. The molecule has 0 N–H and O–H groups in total. The molecule has 0 heterocycles. The standard InChI is InChI=1S/C12H17O2P/c1-4-15(13,14-10-11(2)3)12-8-6-5-7-9-12/h4-9,11H,1,10H2,2-3H3. The average molecular weight is 224 g/mol. The fourth-order valence-corrected chi connectivity index (χ4v) is 2.70. The molecule has 1 rings (SSSR count). The van der Waals surface area contributed by atoms with Crippen LogP contribution >= 0.6 is 7.37 Å². The van der Waals surface area contributed by atoms with Gasteiger partial charge in [0.1, 0.15) is 0 Å². The van der Waals surface area contributed by atoms with Crippen LogP contribution in [-0.4, -0.2) is 6.61 Å². The summed E-state index contributed by atoms with van der Waals surface area (Å²) in [6, 6.07) is 9.21. The number of hydrogen-bond donors (Lipinski definition) is 0. The fourth-order valence-electron chi connectivity index (χ4n) is 1.13. The molecule has 0 spiro atoms. The first-order valence-corrected chi connectivity index (χ1v) is 6.71. The Kier molecular flexibility index (Phi) is 4.31. The molecule has 2 nitrogen and oxygen atoms in total. The van der Waals surface area contributed by atoms with Crippen LogP contribution in [0.3, 0.4) is 0 Å². The van der Waals surface area contributed by atoms with Gasteiger partial charge in [-0.15, -0.1) is 0 Å². The van der Waals surface area contributed by atoms with E-state index in [0.29, 0.717) is 17.8 Å². The van der Waals surface area contributed by atoms with Crippen molar-refractivity contribution >= 4 is 12.7 Å². The van der Waals surface area contributed by atoms with Crippen LogP contribution in [-0.2, 0) is 9.09 Å². The van der Waals surface area contributed by atoms with Crippen molar-refractivity contribution in [1.82, 2.24) is 0 Å². The normalized spacial score (nSPS) is 14.9. The highest BCUT2D eigenvalue weighted by Crippen LogP contribution is 2.46. The summed E-state index contributed by atoms with van der Waals surface area (Å²) in [6.45, 7) is 8.14. The van der Waals surface area contributed by atoms with E-state index in [0.717, 1.165) is 0 Å². The monoisotopic (exact) mass is 224 g/mol. The minimum Gasteiger partial charge on any atom is -0.322 e. The van der Waals surface area contributed by atoms with Gasteiger partial charge in [0.25, 0.3) is 7.37 Å². The minimum atomic E-state index is -2.84. The van der Waals surface area contributed by atoms with E-state index in [1.54, 1.807) is 0 Å². The summed E-state index contributed by atoms with van der Waals surface area (Å²) in [5.74, 6) is 1.78. The quantitative estimate of drug-likeness (QED) is 0.716. The van der Waals surface area contributed by atoms with Gasteiger partial charge in [-0.3, -0.25) is 4.57 Å². The topological polar surface area (TPSA) is 26.3 Å². The molecule has 1 unspecified atom stereocenters. The van der Waals surface area contributed by atoms with Crippen LogP contribution in [0.1, 0.15) is 13.8 Å². The molecule has 0 aliphatic heterocycles. The molecule has 0 bridgehead atoms. The number of rotatable bonds is 5. The maximum Gasteiger partial charge on any atom is 0.253 e. The molecule has 1 aromatic carbocycles. The maximum atomic E-state index is 12.3. The van der Waals surface area contributed by atoms with Crippen molar-refractivity contribution in [2.24, 2.45) is 5.92 Å². The minimum absolute atomic E-state index is 0.363. The Hall–Kier alpha value is -0.850. The first-order chi connectivity index (χ1) is 7.08. The second kappa shape index (κ2) is 5.29. The average Bonchev–Trinajstić information content (AvgIpc) is 2.27. The van der Waals surface area contributed by atoms with E-state index in [9.17, 15) is 4.57 Å². The van der Waals surface area contributed by atoms with E-state index in [-0.39, 0.29) is 0 Å². The van der Waals surface area contributed by atoms with Crippen LogP contribution < -0.4 is 5.30 Å². The first kappa shape index (κ1) is 12.2. The molecule has 0 aromatic heterocycles. The lowest BCUT2D eigenvalue weighted by Crippen LogP contribution is -2.08. The lowest BCUT2D eigenvalue weighted by atomic mass is 10.2. The van der Waals surface area contributed by atoms with Crippen molar-refractivity contribution in [3.63, 3.8) is 0 Å². The molecule has 0 saturated heterocycles. The molecule has 1 atom stereocenters. The molecule has 1 aromatic rings. The molecule has 0 amide bonds. The zero-order valence-corrected chi connectivity index (χ0v) is 10.1. The predicted molar refractivity (Wildman–Crippen MR) is 64.7 cm³/mol. The molecule has 0 fully saturated rings.